The Morgan fingerprint density at radius 3 is 2.67 bits per heavy atom. The van der Waals surface area contributed by atoms with E-state index >= 15 is 0 Å². The molecular weight excluding hydrogens is 406 g/mol. The average Bonchev–Trinajstić information content (AvgIpc) is 3.36. The van der Waals surface area contributed by atoms with Crippen molar-refractivity contribution in [2.45, 2.75) is 57.8 Å². The fourth-order valence-corrected chi connectivity index (χ4v) is 4.75. The zero-order chi connectivity index (χ0) is 22.9. The molecule has 5 heteroatoms. The molecule has 0 amide bonds. The molecule has 0 unspecified atom stereocenters. The Morgan fingerprint density at radius 1 is 1.12 bits per heavy atom. The van der Waals surface area contributed by atoms with Crippen molar-refractivity contribution in [3.05, 3.63) is 79.0 Å². The second-order valence-corrected chi connectivity index (χ2v) is 8.94. The van der Waals surface area contributed by atoms with Crippen LogP contribution in [0.15, 0.2) is 67.2 Å². The molecule has 1 N–H and O–H groups in total. The van der Waals surface area contributed by atoms with Crippen LogP contribution in [0.3, 0.4) is 0 Å². The Balaban J connectivity index is 1.52. The van der Waals surface area contributed by atoms with E-state index in [1.165, 1.54) is 64.0 Å². The third kappa shape index (κ3) is 5.98. The van der Waals surface area contributed by atoms with Gasteiger partial charge in [-0.25, -0.2) is 9.97 Å². The summed E-state index contributed by atoms with van der Waals surface area (Å²) in [4.78, 5) is 13.7. The van der Waals surface area contributed by atoms with E-state index in [-0.39, 0.29) is 0 Å². The van der Waals surface area contributed by atoms with E-state index in [1.54, 1.807) is 6.21 Å². The molecule has 0 bridgehead atoms. The third-order valence-electron chi connectivity index (χ3n) is 6.61. The minimum Gasteiger partial charge on any atom is -0.367 e. The number of aliphatic imine (C=N–C) groups is 1. The van der Waals surface area contributed by atoms with E-state index in [9.17, 15) is 0 Å². The minimum absolute atomic E-state index is 0.806. The molecule has 0 aliphatic heterocycles. The van der Waals surface area contributed by atoms with Crippen LogP contribution < -0.4 is 5.32 Å². The molecule has 0 saturated heterocycles. The number of aromatic nitrogens is 3. The van der Waals surface area contributed by atoms with Crippen molar-refractivity contribution in [1.29, 1.82) is 0 Å². The van der Waals surface area contributed by atoms with Crippen LogP contribution in [0.5, 0.6) is 0 Å². The molecule has 1 aliphatic carbocycles. The number of nitrogens with zero attached hydrogens (tertiary/aromatic N) is 4. The van der Waals surface area contributed by atoms with Gasteiger partial charge in [-0.1, -0.05) is 88.8 Å². The van der Waals surface area contributed by atoms with Crippen LogP contribution >= 0.6 is 0 Å². The SMILES string of the molecule is C=C/N=C\c1ccccc1C(=C)c1cn2ccnc2c(NCCC2CCCCCCCC2)n1. The van der Waals surface area contributed by atoms with Crippen LogP contribution in [-0.4, -0.2) is 27.1 Å². The van der Waals surface area contributed by atoms with Crippen LogP contribution in [0.1, 0.15) is 74.6 Å². The smallest absolute Gasteiger partial charge is 0.180 e. The number of hydrogen-bond acceptors (Lipinski definition) is 4. The highest BCUT2D eigenvalue weighted by atomic mass is 15.1. The highest BCUT2D eigenvalue weighted by Crippen LogP contribution is 2.27. The van der Waals surface area contributed by atoms with E-state index in [0.717, 1.165) is 46.3 Å². The minimum atomic E-state index is 0.806. The molecule has 1 saturated carbocycles. The molecule has 0 atom stereocenters. The summed E-state index contributed by atoms with van der Waals surface area (Å²) in [5.74, 6) is 1.62. The Kier molecular flexibility index (Phi) is 8.07. The zero-order valence-corrected chi connectivity index (χ0v) is 19.5. The molecule has 1 aromatic carbocycles. The van der Waals surface area contributed by atoms with Crippen molar-refractivity contribution in [2.24, 2.45) is 10.9 Å². The summed E-state index contributed by atoms with van der Waals surface area (Å²) in [7, 11) is 0. The molecule has 172 valence electrons. The van der Waals surface area contributed by atoms with Crippen molar-refractivity contribution in [3.63, 3.8) is 0 Å². The molecule has 0 spiro atoms. The number of benzene rings is 1. The van der Waals surface area contributed by atoms with Crippen LogP contribution in [0.25, 0.3) is 11.2 Å². The Labute approximate surface area is 197 Å². The summed E-state index contributed by atoms with van der Waals surface area (Å²) in [5.41, 5.74) is 4.53. The second-order valence-electron chi connectivity index (χ2n) is 8.94. The van der Waals surface area contributed by atoms with Gasteiger partial charge in [0.15, 0.2) is 11.5 Å². The third-order valence-corrected chi connectivity index (χ3v) is 6.61. The average molecular weight is 442 g/mol. The van der Waals surface area contributed by atoms with Gasteiger partial charge in [-0.05, 0) is 17.9 Å². The highest BCUT2D eigenvalue weighted by Gasteiger charge is 2.14. The number of imidazole rings is 1. The van der Waals surface area contributed by atoms with Crippen LogP contribution in [0.2, 0.25) is 0 Å². The number of fused-ring (bicyclic) bond motifs is 1. The van der Waals surface area contributed by atoms with E-state index in [2.05, 4.69) is 34.5 Å². The topological polar surface area (TPSA) is 54.6 Å². The van der Waals surface area contributed by atoms with Gasteiger partial charge in [-0.2, -0.15) is 0 Å². The summed E-state index contributed by atoms with van der Waals surface area (Å²) in [6, 6.07) is 8.09. The van der Waals surface area contributed by atoms with Crippen LogP contribution in [0, 0.1) is 5.92 Å². The molecule has 0 radical (unpaired) electrons. The molecule has 33 heavy (non-hydrogen) atoms. The molecule has 1 fully saturated rings. The maximum Gasteiger partial charge on any atom is 0.180 e. The largest absolute Gasteiger partial charge is 0.367 e. The maximum absolute atomic E-state index is 4.94. The first kappa shape index (κ1) is 23.0. The fourth-order valence-electron chi connectivity index (χ4n) is 4.75. The summed E-state index contributed by atoms with van der Waals surface area (Å²) in [6.07, 6.45) is 21.4. The Hall–Kier alpha value is -3.21. The van der Waals surface area contributed by atoms with Gasteiger partial charge in [0.25, 0.3) is 0 Å². The lowest BCUT2D eigenvalue weighted by Gasteiger charge is -2.17. The summed E-state index contributed by atoms with van der Waals surface area (Å²) < 4.78 is 2.02. The van der Waals surface area contributed by atoms with Gasteiger partial charge >= 0.3 is 0 Å². The predicted molar refractivity (Wildman–Crippen MR) is 139 cm³/mol. The standard InChI is InChI=1S/C28H35N5/c1-3-29-20-24-14-10-11-15-25(24)22(2)26-21-33-19-18-31-28(33)27(32-26)30-17-16-23-12-8-6-4-5-7-9-13-23/h3,10-11,14-15,18-21,23H,1-2,4-9,12-13,16-17H2,(H,30,32)/b29-20-. The highest BCUT2D eigenvalue weighted by molar-refractivity contribution is 5.91. The number of hydrogen-bond donors (Lipinski definition) is 1. The van der Waals surface area contributed by atoms with Crippen molar-refractivity contribution < 1.29 is 0 Å². The summed E-state index contributed by atoms with van der Waals surface area (Å²) in [5, 5.41) is 3.59. The maximum atomic E-state index is 4.94. The quantitative estimate of drug-likeness (QED) is 0.387. The predicted octanol–water partition coefficient (Wildman–Crippen LogP) is 6.91. The van der Waals surface area contributed by atoms with Crippen LogP contribution in [-0.2, 0) is 0 Å². The first-order valence-electron chi connectivity index (χ1n) is 12.3. The second kappa shape index (κ2) is 11.6. The molecule has 2 aromatic heterocycles. The molecule has 5 nitrogen and oxygen atoms in total. The lowest BCUT2D eigenvalue weighted by molar-refractivity contribution is 0.409. The van der Waals surface area contributed by atoms with Gasteiger partial charge in [-0.3, -0.25) is 4.99 Å². The molecule has 2 heterocycles. The van der Waals surface area contributed by atoms with Crippen molar-refractivity contribution in [2.75, 3.05) is 11.9 Å². The zero-order valence-electron chi connectivity index (χ0n) is 19.5. The fraction of sp³-hybridized carbons (Fsp3) is 0.393. The first-order valence-corrected chi connectivity index (χ1v) is 12.3. The Morgan fingerprint density at radius 2 is 1.88 bits per heavy atom. The van der Waals surface area contributed by atoms with Gasteiger partial charge in [0.05, 0.1) is 5.69 Å². The number of rotatable bonds is 8. The molecule has 1 aliphatic rings. The van der Waals surface area contributed by atoms with Gasteiger partial charge in [-0.15, -0.1) is 0 Å². The lowest BCUT2D eigenvalue weighted by Crippen LogP contribution is -2.12. The number of nitrogens with one attached hydrogen (secondary N) is 1. The lowest BCUT2D eigenvalue weighted by atomic mass is 9.94. The summed E-state index contributed by atoms with van der Waals surface area (Å²) >= 11 is 0. The molecule has 3 aromatic rings. The van der Waals surface area contributed by atoms with Crippen molar-refractivity contribution >= 4 is 23.3 Å². The summed E-state index contributed by atoms with van der Waals surface area (Å²) in [6.45, 7) is 8.96. The van der Waals surface area contributed by atoms with E-state index < -0.39 is 0 Å². The molecular formula is C28H35N5. The van der Waals surface area contributed by atoms with Gasteiger partial charge in [0.2, 0.25) is 0 Å². The van der Waals surface area contributed by atoms with E-state index in [0.29, 0.717) is 0 Å². The first-order chi connectivity index (χ1) is 16.3. The Bertz CT molecular complexity index is 1100. The number of anilines is 1. The van der Waals surface area contributed by atoms with Crippen molar-refractivity contribution in [3.8, 4) is 0 Å². The monoisotopic (exact) mass is 441 g/mol. The van der Waals surface area contributed by atoms with Crippen LogP contribution in [0.4, 0.5) is 5.82 Å². The molecule has 4 rings (SSSR count). The van der Waals surface area contributed by atoms with Gasteiger partial charge in [0, 0.05) is 48.7 Å². The van der Waals surface area contributed by atoms with E-state index in [4.69, 9.17) is 4.98 Å². The van der Waals surface area contributed by atoms with Crippen molar-refractivity contribution in [1.82, 2.24) is 14.4 Å². The normalized spacial score (nSPS) is 15.8. The van der Waals surface area contributed by atoms with Gasteiger partial charge in [0.1, 0.15) is 0 Å². The van der Waals surface area contributed by atoms with E-state index in [1.807, 2.05) is 41.2 Å². The van der Waals surface area contributed by atoms with Gasteiger partial charge < -0.3 is 9.72 Å².